The van der Waals surface area contributed by atoms with Crippen LogP contribution in [0.5, 0.6) is 0 Å². The van der Waals surface area contributed by atoms with Crippen molar-refractivity contribution in [1.29, 1.82) is 0 Å². The Bertz CT molecular complexity index is 484. The van der Waals surface area contributed by atoms with Crippen molar-refractivity contribution < 1.29 is 58.5 Å². The number of hydrogen-bond donors (Lipinski definition) is 0. The van der Waals surface area contributed by atoms with Crippen LogP contribution < -0.4 is 0 Å². The van der Waals surface area contributed by atoms with Crippen molar-refractivity contribution in [2.24, 2.45) is 0 Å². The molecule has 0 aliphatic rings. The number of carbonyl (C=O) groups is 1. The predicted octanol–water partition coefficient (Wildman–Crippen LogP) is 4.52. The molecule has 0 N–H and O–H groups in total. The first-order valence-corrected chi connectivity index (χ1v) is 6.82. The van der Waals surface area contributed by atoms with Gasteiger partial charge in [-0.1, -0.05) is 0 Å². The topological polar surface area (TPSA) is 44.8 Å². The Morgan fingerprint density at radius 2 is 1.15 bits per heavy atom. The highest BCUT2D eigenvalue weighted by Crippen LogP contribution is 2.51. The third kappa shape index (κ3) is 5.89. The summed E-state index contributed by atoms with van der Waals surface area (Å²) in [5.74, 6) is -17.0. The van der Waals surface area contributed by atoms with Crippen LogP contribution in [0, 0.1) is 0 Å². The summed E-state index contributed by atoms with van der Waals surface area (Å²) < 4.78 is 129. The molecule has 4 nitrogen and oxygen atoms in total. The number of esters is 1. The highest BCUT2D eigenvalue weighted by molar-refractivity contribution is 5.71. The third-order valence-electron chi connectivity index (χ3n) is 2.68. The van der Waals surface area contributed by atoms with Crippen LogP contribution in [-0.4, -0.2) is 48.1 Å². The lowest BCUT2D eigenvalue weighted by Gasteiger charge is -2.41. The van der Waals surface area contributed by atoms with E-state index in [0.29, 0.717) is 0 Å². The van der Waals surface area contributed by atoms with Crippen LogP contribution in [0.2, 0.25) is 0 Å². The Kier molecular flexibility index (Phi) is 6.72. The molecule has 0 aromatic carbocycles. The molecule has 0 rings (SSSR count). The number of alkyl halides is 9. The standard InChI is InChI=1S/C13H17F9O4/c1-8(2,3)25-7(23)6-24-11(12(17,18)19,13(20,21)22)26-10(5,16)9(4,14)15/h6H2,1-5H3. The second kappa shape index (κ2) is 7.06. The first-order chi connectivity index (χ1) is 11.1. The molecular formula is C13H17F9O4. The largest absolute Gasteiger partial charge is 0.458 e. The second-order valence-electron chi connectivity index (χ2n) is 6.39. The van der Waals surface area contributed by atoms with Gasteiger partial charge in [-0.2, -0.15) is 26.3 Å². The summed E-state index contributed by atoms with van der Waals surface area (Å²) in [6.45, 7) is 1.12. The van der Waals surface area contributed by atoms with E-state index < -0.39 is 48.1 Å². The minimum Gasteiger partial charge on any atom is -0.458 e. The van der Waals surface area contributed by atoms with Gasteiger partial charge in [0.05, 0.1) is 0 Å². The van der Waals surface area contributed by atoms with Crippen molar-refractivity contribution in [3.8, 4) is 0 Å². The molecule has 13 heteroatoms. The molecule has 0 saturated heterocycles. The summed E-state index contributed by atoms with van der Waals surface area (Å²) in [6.07, 6.45) is -13.1. The van der Waals surface area contributed by atoms with E-state index in [2.05, 4.69) is 14.2 Å². The number of hydrogen-bond acceptors (Lipinski definition) is 4. The molecule has 0 aliphatic heterocycles. The molecule has 0 aromatic heterocycles. The molecule has 156 valence electrons. The van der Waals surface area contributed by atoms with E-state index in [9.17, 15) is 44.3 Å². The molecule has 0 amide bonds. The van der Waals surface area contributed by atoms with Crippen LogP contribution in [0.15, 0.2) is 0 Å². The molecule has 0 saturated carbocycles. The van der Waals surface area contributed by atoms with Gasteiger partial charge in [-0.25, -0.2) is 18.0 Å². The zero-order chi connectivity index (χ0) is 21.4. The Morgan fingerprint density at radius 1 is 0.769 bits per heavy atom. The molecule has 1 atom stereocenters. The molecule has 1 unspecified atom stereocenters. The Hall–Kier alpha value is -1.24. The van der Waals surface area contributed by atoms with Gasteiger partial charge in [0.25, 0.3) is 5.85 Å². The van der Waals surface area contributed by atoms with Crippen LogP contribution >= 0.6 is 0 Å². The highest BCUT2D eigenvalue weighted by atomic mass is 19.4. The lowest BCUT2D eigenvalue weighted by atomic mass is 10.1. The highest BCUT2D eigenvalue weighted by Gasteiger charge is 2.78. The minimum atomic E-state index is -6.56. The van der Waals surface area contributed by atoms with Crippen molar-refractivity contribution in [3.63, 3.8) is 0 Å². The average Bonchev–Trinajstić information content (AvgIpc) is 2.27. The van der Waals surface area contributed by atoms with Gasteiger partial charge in [-0.05, 0) is 20.8 Å². The lowest BCUT2D eigenvalue weighted by molar-refractivity contribution is -0.507. The molecule has 0 fully saturated rings. The molecule has 0 bridgehead atoms. The smallest absolute Gasteiger partial charge is 0.453 e. The fourth-order valence-corrected chi connectivity index (χ4v) is 1.36. The number of rotatable bonds is 6. The molecule has 26 heavy (non-hydrogen) atoms. The maximum atomic E-state index is 13.8. The van der Waals surface area contributed by atoms with Crippen LogP contribution in [0.1, 0.15) is 34.6 Å². The maximum absolute atomic E-state index is 13.8. The van der Waals surface area contributed by atoms with Crippen molar-refractivity contribution in [2.75, 3.05) is 6.61 Å². The predicted molar refractivity (Wildman–Crippen MR) is 67.9 cm³/mol. The van der Waals surface area contributed by atoms with Crippen LogP contribution in [-0.2, 0) is 19.0 Å². The van der Waals surface area contributed by atoms with Crippen molar-refractivity contribution >= 4 is 5.97 Å². The van der Waals surface area contributed by atoms with E-state index in [-0.39, 0.29) is 13.8 Å². The van der Waals surface area contributed by atoms with Crippen LogP contribution in [0.25, 0.3) is 0 Å². The SMILES string of the molecule is CC(C)(C)OC(=O)COC(OC(C)(F)C(C)(F)F)(C(F)(F)F)C(F)(F)F. The monoisotopic (exact) mass is 408 g/mol. The van der Waals surface area contributed by atoms with Gasteiger partial charge < -0.3 is 9.47 Å². The third-order valence-corrected chi connectivity index (χ3v) is 2.68. The minimum absolute atomic E-state index is 0.293. The van der Waals surface area contributed by atoms with E-state index in [0.717, 1.165) is 0 Å². The first kappa shape index (κ1) is 24.8. The Balaban J connectivity index is 5.94. The summed E-state index contributed by atoms with van der Waals surface area (Å²) >= 11 is 0. The van der Waals surface area contributed by atoms with Gasteiger partial charge in [0, 0.05) is 13.8 Å². The van der Waals surface area contributed by atoms with Gasteiger partial charge in [0.15, 0.2) is 0 Å². The van der Waals surface area contributed by atoms with Crippen molar-refractivity contribution in [2.45, 2.75) is 70.1 Å². The van der Waals surface area contributed by atoms with Crippen molar-refractivity contribution in [1.82, 2.24) is 0 Å². The molecule has 0 radical (unpaired) electrons. The summed E-state index contributed by atoms with van der Waals surface area (Å²) in [4.78, 5) is 11.3. The molecule has 0 spiro atoms. The summed E-state index contributed by atoms with van der Waals surface area (Å²) in [6, 6.07) is 0. The van der Waals surface area contributed by atoms with Gasteiger partial charge in [-0.3, -0.25) is 4.74 Å². The van der Waals surface area contributed by atoms with Gasteiger partial charge >= 0.3 is 30.0 Å². The van der Waals surface area contributed by atoms with Gasteiger partial charge in [0.2, 0.25) is 0 Å². The van der Waals surface area contributed by atoms with Gasteiger partial charge in [0.1, 0.15) is 12.2 Å². The lowest BCUT2D eigenvalue weighted by Crippen LogP contribution is -2.65. The Labute approximate surface area is 142 Å². The zero-order valence-corrected chi connectivity index (χ0v) is 14.2. The quantitative estimate of drug-likeness (QED) is 0.368. The van der Waals surface area contributed by atoms with E-state index in [1.807, 2.05) is 0 Å². The van der Waals surface area contributed by atoms with Crippen LogP contribution in [0.4, 0.5) is 39.5 Å². The fourth-order valence-electron chi connectivity index (χ4n) is 1.36. The Morgan fingerprint density at radius 3 is 1.42 bits per heavy atom. The van der Waals surface area contributed by atoms with Crippen LogP contribution in [0.3, 0.4) is 0 Å². The number of halogens is 9. The molecule has 0 aliphatic carbocycles. The van der Waals surface area contributed by atoms with E-state index >= 15 is 0 Å². The number of ether oxygens (including phenoxy) is 3. The molecule has 0 heterocycles. The van der Waals surface area contributed by atoms with Crippen molar-refractivity contribution in [3.05, 3.63) is 0 Å². The summed E-state index contributed by atoms with van der Waals surface area (Å²) in [5, 5.41) is 0. The molecular weight excluding hydrogens is 391 g/mol. The van der Waals surface area contributed by atoms with E-state index in [1.165, 1.54) is 20.8 Å². The number of carbonyl (C=O) groups excluding carboxylic acids is 1. The summed E-state index contributed by atoms with van der Waals surface area (Å²) in [5.41, 5.74) is -1.30. The molecule has 0 aromatic rings. The summed E-state index contributed by atoms with van der Waals surface area (Å²) in [7, 11) is 0. The van der Waals surface area contributed by atoms with Gasteiger partial charge in [-0.15, -0.1) is 0 Å². The second-order valence-corrected chi connectivity index (χ2v) is 6.39. The maximum Gasteiger partial charge on any atom is 0.453 e. The zero-order valence-electron chi connectivity index (χ0n) is 14.2. The normalized spacial score (nSPS) is 17.0. The first-order valence-electron chi connectivity index (χ1n) is 6.82. The van der Waals surface area contributed by atoms with E-state index in [4.69, 9.17) is 0 Å². The average molecular weight is 408 g/mol. The fraction of sp³-hybridized carbons (Fsp3) is 0.923. The van der Waals surface area contributed by atoms with E-state index in [1.54, 1.807) is 0 Å².